The standard InChI is InChI=1S/C17H23NO3/c1-11(21-15-5-3-4-14(10-15)20-2)17(19)18-16-9-12-6-7-13(16)8-12/h3-5,10-13,16H,6-9H2,1-2H3,(H,18,19)/t11-,12+,13+,16+/m0/s1. The van der Waals surface area contributed by atoms with E-state index in [4.69, 9.17) is 9.47 Å². The van der Waals surface area contributed by atoms with Gasteiger partial charge < -0.3 is 14.8 Å². The van der Waals surface area contributed by atoms with Crippen molar-refractivity contribution in [1.82, 2.24) is 5.32 Å². The largest absolute Gasteiger partial charge is 0.497 e. The Bertz CT molecular complexity index is 517. The fourth-order valence-corrected chi connectivity index (χ4v) is 3.65. The number of benzene rings is 1. The molecule has 2 bridgehead atoms. The summed E-state index contributed by atoms with van der Waals surface area (Å²) in [5.41, 5.74) is 0. The van der Waals surface area contributed by atoms with Crippen LogP contribution in [0.4, 0.5) is 0 Å². The van der Waals surface area contributed by atoms with Gasteiger partial charge in [-0.25, -0.2) is 0 Å². The van der Waals surface area contributed by atoms with Crippen LogP contribution in [-0.4, -0.2) is 25.2 Å². The van der Waals surface area contributed by atoms with E-state index in [0.717, 1.165) is 18.1 Å². The van der Waals surface area contributed by atoms with Crippen LogP contribution in [0.25, 0.3) is 0 Å². The number of rotatable bonds is 5. The van der Waals surface area contributed by atoms with Crippen molar-refractivity contribution in [2.24, 2.45) is 11.8 Å². The summed E-state index contributed by atoms with van der Waals surface area (Å²) in [6, 6.07) is 7.69. The van der Waals surface area contributed by atoms with Gasteiger partial charge in [0.1, 0.15) is 11.5 Å². The lowest BCUT2D eigenvalue weighted by atomic mass is 9.95. The number of hydrogen-bond donors (Lipinski definition) is 1. The second-order valence-corrected chi connectivity index (χ2v) is 6.23. The van der Waals surface area contributed by atoms with E-state index in [0.29, 0.717) is 17.7 Å². The Balaban J connectivity index is 1.54. The van der Waals surface area contributed by atoms with Crippen LogP contribution in [0.1, 0.15) is 32.6 Å². The molecule has 3 rings (SSSR count). The quantitative estimate of drug-likeness (QED) is 0.906. The predicted molar refractivity (Wildman–Crippen MR) is 80.5 cm³/mol. The van der Waals surface area contributed by atoms with Crippen molar-refractivity contribution < 1.29 is 14.3 Å². The van der Waals surface area contributed by atoms with Gasteiger partial charge in [0.15, 0.2) is 6.10 Å². The van der Waals surface area contributed by atoms with Crippen LogP contribution in [0.15, 0.2) is 24.3 Å². The fraction of sp³-hybridized carbons (Fsp3) is 0.588. The molecular weight excluding hydrogens is 266 g/mol. The van der Waals surface area contributed by atoms with E-state index < -0.39 is 6.10 Å². The first kappa shape index (κ1) is 14.2. The average Bonchev–Trinajstić information content (AvgIpc) is 3.10. The van der Waals surface area contributed by atoms with Crippen LogP contribution >= 0.6 is 0 Å². The van der Waals surface area contributed by atoms with Crippen molar-refractivity contribution in [2.75, 3.05) is 7.11 Å². The van der Waals surface area contributed by atoms with Gasteiger partial charge in [0.25, 0.3) is 5.91 Å². The van der Waals surface area contributed by atoms with Gasteiger partial charge in [-0.2, -0.15) is 0 Å². The SMILES string of the molecule is COc1cccc(O[C@@H](C)C(=O)N[C@@H]2C[C@@H]3CC[C@@H]2C3)c1. The van der Waals surface area contributed by atoms with Crippen molar-refractivity contribution in [3.63, 3.8) is 0 Å². The molecule has 0 heterocycles. The lowest BCUT2D eigenvalue weighted by molar-refractivity contribution is -0.128. The van der Waals surface area contributed by atoms with Crippen LogP contribution in [-0.2, 0) is 4.79 Å². The highest BCUT2D eigenvalue weighted by Gasteiger charge is 2.40. The molecule has 2 saturated carbocycles. The molecule has 4 heteroatoms. The number of carbonyl (C=O) groups is 1. The molecule has 0 aromatic heterocycles. The van der Waals surface area contributed by atoms with Crippen LogP contribution in [0.3, 0.4) is 0 Å². The minimum Gasteiger partial charge on any atom is -0.497 e. The van der Waals surface area contributed by atoms with Crippen molar-refractivity contribution >= 4 is 5.91 Å². The first-order chi connectivity index (χ1) is 10.2. The molecule has 0 aliphatic heterocycles. The Morgan fingerprint density at radius 3 is 2.76 bits per heavy atom. The molecule has 2 fully saturated rings. The smallest absolute Gasteiger partial charge is 0.261 e. The van der Waals surface area contributed by atoms with E-state index in [2.05, 4.69) is 5.32 Å². The van der Waals surface area contributed by atoms with E-state index in [1.807, 2.05) is 18.2 Å². The highest BCUT2D eigenvalue weighted by Crippen LogP contribution is 2.44. The number of ether oxygens (including phenoxy) is 2. The first-order valence-corrected chi connectivity index (χ1v) is 7.77. The summed E-state index contributed by atoms with van der Waals surface area (Å²) in [5.74, 6) is 2.88. The molecule has 1 amide bonds. The monoisotopic (exact) mass is 289 g/mol. The van der Waals surface area contributed by atoms with Crippen LogP contribution in [0.2, 0.25) is 0 Å². The van der Waals surface area contributed by atoms with Gasteiger partial charge in [-0.05, 0) is 50.2 Å². The van der Waals surface area contributed by atoms with Crippen molar-refractivity contribution in [3.8, 4) is 11.5 Å². The lowest BCUT2D eigenvalue weighted by Crippen LogP contribution is -2.44. The maximum Gasteiger partial charge on any atom is 0.261 e. The summed E-state index contributed by atoms with van der Waals surface area (Å²) in [7, 11) is 1.62. The summed E-state index contributed by atoms with van der Waals surface area (Å²) >= 11 is 0. The number of nitrogens with one attached hydrogen (secondary N) is 1. The Morgan fingerprint density at radius 2 is 2.10 bits per heavy atom. The topological polar surface area (TPSA) is 47.6 Å². The number of methoxy groups -OCH3 is 1. The minimum absolute atomic E-state index is 0.0182. The van der Waals surface area contributed by atoms with Crippen molar-refractivity contribution in [3.05, 3.63) is 24.3 Å². The van der Waals surface area contributed by atoms with E-state index in [-0.39, 0.29) is 5.91 Å². The zero-order valence-corrected chi connectivity index (χ0v) is 12.7. The molecule has 21 heavy (non-hydrogen) atoms. The van der Waals surface area contributed by atoms with Gasteiger partial charge in [0.05, 0.1) is 7.11 Å². The molecule has 2 aliphatic carbocycles. The van der Waals surface area contributed by atoms with E-state index in [1.165, 1.54) is 19.3 Å². The molecule has 1 N–H and O–H groups in total. The normalized spacial score (nSPS) is 28.2. The zero-order chi connectivity index (χ0) is 14.8. The van der Waals surface area contributed by atoms with Crippen LogP contribution in [0.5, 0.6) is 11.5 Å². The Kier molecular flexibility index (Phi) is 4.04. The van der Waals surface area contributed by atoms with Gasteiger partial charge >= 0.3 is 0 Å². The van der Waals surface area contributed by atoms with Gasteiger partial charge in [-0.15, -0.1) is 0 Å². The Hall–Kier alpha value is -1.71. The third-order valence-corrected chi connectivity index (χ3v) is 4.79. The molecule has 114 valence electrons. The van der Waals surface area contributed by atoms with Gasteiger partial charge in [0, 0.05) is 12.1 Å². The summed E-state index contributed by atoms with van der Waals surface area (Å²) in [6.45, 7) is 1.79. The predicted octanol–water partition coefficient (Wildman–Crippen LogP) is 2.77. The second kappa shape index (κ2) is 5.96. The third-order valence-electron chi connectivity index (χ3n) is 4.79. The van der Waals surface area contributed by atoms with Crippen LogP contribution in [0, 0.1) is 11.8 Å². The number of amides is 1. The molecule has 4 nitrogen and oxygen atoms in total. The van der Waals surface area contributed by atoms with E-state index in [1.54, 1.807) is 20.1 Å². The lowest BCUT2D eigenvalue weighted by Gasteiger charge is -2.24. The summed E-state index contributed by atoms with van der Waals surface area (Å²) in [5, 5.41) is 3.16. The molecule has 2 aliphatic rings. The molecule has 0 saturated heterocycles. The highest BCUT2D eigenvalue weighted by atomic mass is 16.5. The highest BCUT2D eigenvalue weighted by molar-refractivity contribution is 5.81. The molecular formula is C17H23NO3. The summed E-state index contributed by atoms with van der Waals surface area (Å²) in [6.07, 6.45) is 4.54. The van der Waals surface area contributed by atoms with Gasteiger partial charge in [-0.3, -0.25) is 4.79 Å². The third kappa shape index (κ3) is 3.14. The van der Waals surface area contributed by atoms with Crippen molar-refractivity contribution in [2.45, 2.75) is 44.8 Å². The Morgan fingerprint density at radius 1 is 1.29 bits per heavy atom. The van der Waals surface area contributed by atoms with Crippen molar-refractivity contribution in [1.29, 1.82) is 0 Å². The van der Waals surface area contributed by atoms with E-state index in [9.17, 15) is 4.79 Å². The fourth-order valence-electron chi connectivity index (χ4n) is 3.65. The van der Waals surface area contributed by atoms with E-state index >= 15 is 0 Å². The molecule has 0 unspecified atom stereocenters. The molecule has 0 spiro atoms. The van der Waals surface area contributed by atoms with Crippen LogP contribution < -0.4 is 14.8 Å². The van der Waals surface area contributed by atoms with Gasteiger partial charge in [-0.1, -0.05) is 12.5 Å². The van der Waals surface area contributed by atoms with Gasteiger partial charge in [0.2, 0.25) is 0 Å². The molecule has 0 radical (unpaired) electrons. The maximum atomic E-state index is 12.3. The summed E-state index contributed by atoms with van der Waals surface area (Å²) < 4.78 is 10.9. The number of fused-ring (bicyclic) bond motifs is 2. The molecule has 1 aromatic carbocycles. The first-order valence-electron chi connectivity index (χ1n) is 7.77. The number of hydrogen-bond acceptors (Lipinski definition) is 3. The Labute approximate surface area is 125 Å². The maximum absolute atomic E-state index is 12.3. The minimum atomic E-state index is -0.490. The zero-order valence-electron chi connectivity index (χ0n) is 12.7. The second-order valence-electron chi connectivity index (χ2n) is 6.23. The number of carbonyl (C=O) groups excluding carboxylic acids is 1. The molecule has 1 aromatic rings. The summed E-state index contributed by atoms with van der Waals surface area (Å²) in [4.78, 5) is 12.3. The average molecular weight is 289 g/mol. The molecule has 4 atom stereocenters.